The van der Waals surface area contributed by atoms with Crippen LogP contribution in [-0.2, 0) is 9.59 Å². The molecule has 27 heavy (non-hydrogen) atoms. The summed E-state index contributed by atoms with van der Waals surface area (Å²) >= 11 is 0. The summed E-state index contributed by atoms with van der Waals surface area (Å²) in [5.74, 6) is 0.168. The molecule has 0 aromatic heterocycles. The number of hydrogen-bond acceptors (Lipinski definition) is 4. The van der Waals surface area contributed by atoms with E-state index in [2.05, 4.69) is 0 Å². The van der Waals surface area contributed by atoms with Crippen LogP contribution in [0, 0.1) is 5.92 Å². The zero-order chi connectivity index (χ0) is 19.6. The number of amides is 2. The Morgan fingerprint density at radius 3 is 2.41 bits per heavy atom. The molecule has 0 radical (unpaired) electrons. The molecule has 146 valence electrons. The summed E-state index contributed by atoms with van der Waals surface area (Å²) < 4.78 is 5.89. The van der Waals surface area contributed by atoms with Crippen LogP contribution in [0.25, 0.3) is 0 Å². The SMILES string of the molecule is CC(=O)c1ccc2c(c1)N(CC(=O)N1CCCCCC1)C(=O)C(C(C)C)O2. The molecule has 3 rings (SSSR count). The number of Topliss-reactive ketones (excluding diaryl/α,β-unsaturated/α-hetero) is 1. The Hall–Kier alpha value is -2.37. The average molecular weight is 372 g/mol. The minimum absolute atomic E-state index is 0.0141. The van der Waals surface area contributed by atoms with E-state index in [9.17, 15) is 14.4 Å². The number of carbonyl (C=O) groups excluding carboxylic acids is 3. The van der Waals surface area contributed by atoms with Crippen molar-refractivity contribution in [1.29, 1.82) is 0 Å². The highest BCUT2D eigenvalue weighted by Gasteiger charge is 2.38. The molecule has 2 amide bonds. The molecule has 6 nitrogen and oxygen atoms in total. The van der Waals surface area contributed by atoms with Crippen LogP contribution in [0.4, 0.5) is 5.69 Å². The lowest BCUT2D eigenvalue weighted by molar-refractivity contribution is -0.134. The van der Waals surface area contributed by atoms with Gasteiger partial charge in [-0.05, 0) is 43.9 Å². The molecule has 1 aromatic rings. The Morgan fingerprint density at radius 2 is 1.81 bits per heavy atom. The van der Waals surface area contributed by atoms with Gasteiger partial charge >= 0.3 is 0 Å². The van der Waals surface area contributed by atoms with Gasteiger partial charge in [-0.15, -0.1) is 0 Å². The highest BCUT2D eigenvalue weighted by molar-refractivity contribution is 6.05. The van der Waals surface area contributed by atoms with Crippen molar-refractivity contribution in [3.8, 4) is 5.75 Å². The molecule has 0 spiro atoms. The van der Waals surface area contributed by atoms with Crippen molar-refractivity contribution in [2.24, 2.45) is 5.92 Å². The number of likely N-dealkylation sites (tertiary alicyclic amines) is 1. The summed E-state index contributed by atoms with van der Waals surface area (Å²) in [6.45, 7) is 6.80. The Bertz CT molecular complexity index is 736. The molecule has 2 aliphatic heterocycles. The van der Waals surface area contributed by atoms with Crippen molar-refractivity contribution < 1.29 is 19.1 Å². The molecule has 0 bridgehead atoms. The van der Waals surface area contributed by atoms with Crippen LogP contribution in [-0.4, -0.2) is 48.2 Å². The maximum Gasteiger partial charge on any atom is 0.268 e. The number of anilines is 1. The zero-order valence-electron chi connectivity index (χ0n) is 16.4. The molecule has 1 aromatic carbocycles. The van der Waals surface area contributed by atoms with Gasteiger partial charge in [0.2, 0.25) is 5.91 Å². The molecule has 0 aliphatic carbocycles. The second-order valence-electron chi connectivity index (χ2n) is 7.74. The van der Waals surface area contributed by atoms with Crippen LogP contribution in [0.15, 0.2) is 18.2 Å². The predicted octanol–water partition coefficient (Wildman–Crippen LogP) is 3.04. The quantitative estimate of drug-likeness (QED) is 0.762. The van der Waals surface area contributed by atoms with Crippen molar-refractivity contribution in [2.45, 2.75) is 52.6 Å². The summed E-state index contributed by atoms with van der Waals surface area (Å²) in [6, 6.07) is 5.07. The first kappa shape index (κ1) is 19.4. The second kappa shape index (κ2) is 8.11. The molecule has 2 aliphatic rings. The van der Waals surface area contributed by atoms with E-state index in [1.165, 1.54) is 11.8 Å². The Labute approximate surface area is 160 Å². The number of fused-ring (bicyclic) bond motifs is 1. The van der Waals surface area contributed by atoms with E-state index in [0.29, 0.717) is 17.0 Å². The molecule has 0 N–H and O–H groups in total. The van der Waals surface area contributed by atoms with Gasteiger partial charge in [0.05, 0.1) is 5.69 Å². The van der Waals surface area contributed by atoms with Crippen molar-refractivity contribution in [3.05, 3.63) is 23.8 Å². The summed E-state index contributed by atoms with van der Waals surface area (Å²) in [5.41, 5.74) is 1.01. The smallest absolute Gasteiger partial charge is 0.268 e. The lowest BCUT2D eigenvalue weighted by Crippen LogP contribution is -2.52. The molecule has 1 atom stereocenters. The second-order valence-corrected chi connectivity index (χ2v) is 7.74. The van der Waals surface area contributed by atoms with Gasteiger partial charge in [-0.1, -0.05) is 26.7 Å². The zero-order valence-corrected chi connectivity index (χ0v) is 16.4. The van der Waals surface area contributed by atoms with Crippen molar-refractivity contribution in [3.63, 3.8) is 0 Å². The van der Waals surface area contributed by atoms with Gasteiger partial charge in [-0.3, -0.25) is 19.3 Å². The van der Waals surface area contributed by atoms with Gasteiger partial charge in [-0.25, -0.2) is 0 Å². The third-order valence-electron chi connectivity index (χ3n) is 5.28. The Morgan fingerprint density at radius 1 is 1.15 bits per heavy atom. The van der Waals surface area contributed by atoms with E-state index in [4.69, 9.17) is 4.74 Å². The van der Waals surface area contributed by atoms with Gasteiger partial charge < -0.3 is 9.64 Å². The van der Waals surface area contributed by atoms with Gasteiger partial charge in [-0.2, -0.15) is 0 Å². The number of rotatable bonds is 4. The number of ketones is 1. The maximum absolute atomic E-state index is 13.0. The molecule has 1 unspecified atom stereocenters. The molecule has 1 fully saturated rings. The fourth-order valence-electron chi connectivity index (χ4n) is 3.65. The normalized spacial score (nSPS) is 20.1. The van der Waals surface area contributed by atoms with Crippen molar-refractivity contribution >= 4 is 23.3 Å². The molecule has 0 saturated carbocycles. The van der Waals surface area contributed by atoms with E-state index in [0.717, 1.165) is 38.8 Å². The largest absolute Gasteiger partial charge is 0.478 e. The summed E-state index contributed by atoms with van der Waals surface area (Å²) in [5, 5.41) is 0. The fourth-order valence-corrected chi connectivity index (χ4v) is 3.65. The fraction of sp³-hybridized carbons (Fsp3) is 0.571. The maximum atomic E-state index is 13.0. The van der Waals surface area contributed by atoms with Gasteiger partial charge in [0.25, 0.3) is 5.91 Å². The number of carbonyl (C=O) groups is 3. The number of benzene rings is 1. The third-order valence-corrected chi connectivity index (χ3v) is 5.28. The highest BCUT2D eigenvalue weighted by atomic mass is 16.5. The van der Waals surface area contributed by atoms with Crippen LogP contribution >= 0.6 is 0 Å². The van der Waals surface area contributed by atoms with Crippen LogP contribution in [0.2, 0.25) is 0 Å². The molecule has 2 heterocycles. The first-order valence-corrected chi connectivity index (χ1v) is 9.79. The lowest BCUT2D eigenvalue weighted by atomic mass is 10.0. The van der Waals surface area contributed by atoms with Crippen LogP contribution < -0.4 is 9.64 Å². The molecule has 1 saturated heterocycles. The predicted molar refractivity (Wildman–Crippen MR) is 103 cm³/mol. The van der Waals surface area contributed by atoms with Gasteiger partial charge in [0.15, 0.2) is 11.9 Å². The van der Waals surface area contributed by atoms with E-state index in [-0.39, 0.29) is 30.1 Å². The standard InChI is InChI=1S/C21H28N2O4/c1-14(2)20-21(26)23(13-19(25)22-10-6-4-5-7-11-22)17-12-16(15(3)24)8-9-18(17)27-20/h8-9,12,14,20H,4-7,10-11,13H2,1-3H3. The molecular weight excluding hydrogens is 344 g/mol. The van der Waals surface area contributed by atoms with Gasteiger partial charge in [0, 0.05) is 18.7 Å². The number of nitrogens with zero attached hydrogens (tertiary/aromatic N) is 2. The Kier molecular flexibility index (Phi) is 5.82. The summed E-state index contributed by atoms with van der Waals surface area (Å²) in [6.07, 6.45) is 3.66. The van der Waals surface area contributed by atoms with Gasteiger partial charge in [0.1, 0.15) is 12.3 Å². The van der Waals surface area contributed by atoms with Crippen molar-refractivity contribution in [2.75, 3.05) is 24.5 Å². The van der Waals surface area contributed by atoms with E-state index in [1.54, 1.807) is 18.2 Å². The molecular formula is C21H28N2O4. The van der Waals surface area contributed by atoms with E-state index < -0.39 is 6.10 Å². The third kappa shape index (κ3) is 4.15. The molecule has 6 heteroatoms. The minimum atomic E-state index is -0.627. The number of ether oxygens (including phenoxy) is 1. The van der Waals surface area contributed by atoms with E-state index >= 15 is 0 Å². The summed E-state index contributed by atoms with van der Waals surface area (Å²) in [4.78, 5) is 41.1. The average Bonchev–Trinajstić information content (AvgIpc) is 2.92. The summed E-state index contributed by atoms with van der Waals surface area (Å²) in [7, 11) is 0. The van der Waals surface area contributed by atoms with Crippen LogP contribution in [0.3, 0.4) is 0 Å². The Balaban J connectivity index is 1.91. The van der Waals surface area contributed by atoms with E-state index in [1.807, 2.05) is 18.7 Å². The monoisotopic (exact) mass is 372 g/mol. The lowest BCUT2D eigenvalue weighted by Gasteiger charge is -2.36. The highest BCUT2D eigenvalue weighted by Crippen LogP contribution is 2.36. The van der Waals surface area contributed by atoms with Crippen LogP contribution in [0.5, 0.6) is 5.75 Å². The number of hydrogen-bond donors (Lipinski definition) is 0. The van der Waals surface area contributed by atoms with Crippen LogP contribution in [0.1, 0.15) is 56.8 Å². The first-order chi connectivity index (χ1) is 12.9. The minimum Gasteiger partial charge on any atom is -0.478 e. The topological polar surface area (TPSA) is 66.9 Å². The first-order valence-electron chi connectivity index (χ1n) is 9.79. The van der Waals surface area contributed by atoms with Crippen molar-refractivity contribution in [1.82, 2.24) is 4.90 Å².